The van der Waals surface area contributed by atoms with Gasteiger partial charge in [0, 0.05) is 12.2 Å². The molecule has 0 aliphatic carbocycles. The average Bonchev–Trinajstić information content (AvgIpc) is 2.69. The minimum absolute atomic E-state index is 0.0767. The number of para-hydroxylation sites is 2. The maximum atomic E-state index is 13.5. The molecule has 5 rings (SSSR count). The summed E-state index contributed by atoms with van der Waals surface area (Å²) in [5.74, 6) is 0.0767. The molecule has 2 aliphatic heterocycles. The van der Waals surface area contributed by atoms with Crippen LogP contribution in [0.3, 0.4) is 0 Å². The molecule has 2 heterocycles. The number of fused-ring (bicyclic) bond motifs is 5. The number of amides is 1. The summed E-state index contributed by atoms with van der Waals surface area (Å²) in [6.45, 7) is 2.98. The Labute approximate surface area is 153 Å². The molecule has 0 N–H and O–H groups in total. The van der Waals surface area contributed by atoms with Crippen molar-refractivity contribution < 1.29 is 4.79 Å². The summed E-state index contributed by atoms with van der Waals surface area (Å²) in [5, 5.41) is 0. The molecule has 0 saturated carbocycles. The number of aryl methyl sites for hydroxylation is 1. The highest BCUT2D eigenvalue weighted by molar-refractivity contribution is 6.12. The molecule has 0 fully saturated rings. The highest BCUT2D eigenvalue weighted by Crippen LogP contribution is 2.44. The highest BCUT2D eigenvalue weighted by atomic mass is 16.2. The largest absolute Gasteiger partial charge is 0.346 e. The van der Waals surface area contributed by atoms with Crippen LogP contribution in [0.4, 0.5) is 11.4 Å². The molecule has 3 nitrogen and oxygen atoms in total. The van der Waals surface area contributed by atoms with Gasteiger partial charge in [0.2, 0.25) is 0 Å². The second-order valence-electron chi connectivity index (χ2n) is 6.99. The summed E-state index contributed by atoms with van der Waals surface area (Å²) < 4.78 is 0. The Morgan fingerprint density at radius 3 is 2.38 bits per heavy atom. The summed E-state index contributed by atoms with van der Waals surface area (Å²) >= 11 is 0. The second-order valence-corrected chi connectivity index (χ2v) is 6.99. The molecule has 1 atom stereocenters. The van der Waals surface area contributed by atoms with Crippen molar-refractivity contribution in [3.05, 3.63) is 95.1 Å². The van der Waals surface area contributed by atoms with Crippen molar-refractivity contribution in [1.29, 1.82) is 0 Å². The second kappa shape index (κ2) is 5.73. The molecule has 3 aromatic rings. The van der Waals surface area contributed by atoms with Crippen LogP contribution in [0.5, 0.6) is 0 Å². The summed E-state index contributed by atoms with van der Waals surface area (Å²) in [5.41, 5.74) is 6.49. The Balaban J connectivity index is 1.78. The Morgan fingerprint density at radius 2 is 1.54 bits per heavy atom. The van der Waals surface area contributed by atoms with E-state index in [-0.39, 0.29) is 12.1 Å². The maximum absolute atomic E-state index is 13.5. The molecule has 0 radical (unpaired) electrons. The number of carbonyl (C=O) groups excluding carboxylic acids is 1. The minimum Gasteiger partial charge on any atom is -0.346 e. The lowest BCUT2D eigenvalue weighted by Crippen LogP contribution is -2.52. The van der Waals surface area contributed by atoms with E-state index in [0.717, 1.165) is 35.5 Å². The van der Waals surface area contributed by atoms with Crippen LogP contribution >= 0.6 is 0 Å². The highest BCUT2D eigenvalue weighted by Gasteiger charge is 2.42. The van der Waals surface area contributed by atoms with E-state index < -0.39 is 0 Å². The van der Waals surface area contributed by atoms with Gasteiger partial charge in [0.1, 0.15) is 6.17 Å². The van der Waals surface area contributed by atoms with Gasteiger partial charge in [-0.1, -0.05) is 54.6 Å². The van der Waals surface area contributed by atoms with Crippen molar-refractivity contribution in [1.82, 2.24) is 0 Å². The maximum Gasteiger partial charge on any atom is 0.262 e. The smallest absolute Gasteiger partial charge is 0.262 e. The molecule has 26 heavy (non-hydrogen) atoms. The standard InChI is InChI=1S/C23H20N2O/c1-16-8-2-6-12-20(16)25-22-18-10-4-3-9-17(18)14-15-24(22)21-13-7-5-11-19(21)23(25)26/h2-13,22H,14-15H2,1H3. The zero-order valence-corrected chi connectivity index (χ0v) is 14.7. The van der Waals surface area contributed by atoms with E-state index in [1.54, 1.807) is 0 Å². The van der Waals surface area contributed by atoms with Gasteiger partial charge in [0.15, 0.2) is 0 Å². The van der Waals surface area contributed by atoms with Crippen LogP contribution in [0, 0.1) is 6.92 Å². The van der Waals surface area contributed by atoms with Gasteiger partial charge in [-0.25, -0.2) is 0 Å². The summed E-state index contributed by atoms with van der Waals surface area (Å²) in [6, 6.07) is 24.7. The summed E-state index contributed by atoms with van der Waals surface area (Å²) in [4.78, 5) is 17.9. The quantitative estimate of drug-likeness (QED) is 0.640. The van der Waals surface area contributed by atoms with Gasteiger partial charge in [-0.2, -0.15) is 0 Å². The van der Waals surface area contributed by atoms with Gasteiger partial charge in [-0.3, -0.25) is 9.69 Å². The Hall–Kier alpha value is -3.07. The first-order valence-corrected chi connectivity index (χ1v) is 9.08. The van der Waals surface area contributed by atoms with Gasteiger partial charge in [0.05, 0.1) is 11.3 Å². The molecule has 0 spiro atoms. The number of nitrogens with zero attached hydrogens (tertiary/aromatic N) is 2. The van der Waals surface area contributed by atoms with Crippen molar-refractivity contribution in [2.75, 3.05) is 16.3 Å². The van der Waals surface area contributed by atoms with Crippen molar-refractivity contribution in [2.45, 2.75) is 19.5 Å². The zero-order valence-electron chi connectivity index (χ0n) is 14.7. The van der Waals surface area contributed by atoms with E-state index in [2.05, 4.69) is 54.3 Å². The van der Waals surface area contributed by atoms with E-state index in [1.807, 2.05) is 35.2 Å². The third kappa shape index (κ3) is 2.10. The third-order valence-corrected chi connectivity index (χ3v) is 5.53. The summed E-state index contributed by atoms with van der Waals surface area (Å²) in [6.07, 6.45) is 0.903. The molecule has 1 unspecified atom stereocenters. The SMILES string of the molecule is Cc1ccccc1N1C(=O)c2ccccc2N2CCc3ccccc3C21. The van der Waals surface area contributed by atoms with Gasteiger partial charge in [-0.05, 0) is 48.2 Å². The van der Waals surface area contributed by atoms with Gasteiger partial charge >= 0.3 is 0 Å². The predicted molar refractivity (Wildman–Crippen MR) is 105 cm³/mol. The normalized spacial score (nSPS) is 18.2. The fraction of sp³-hybridized carbons (Fsp3) is 0.174. The van der Waals surface area contributed by atoms with Crippen molar-refractivity contribution in [3.63, 3.8) is 0 Å². The molecular formula is C23H20N2O. The monoisotopic (exact) mass is 340 g/mol. The van der Waals surface area contributed by atoms with Crippen LogP contribution in [0.1, 0.15) is 33.2 Å². The first-order valence-electron chi connectivity index (χ1n) is 9.08. The van der Waals surface area contributed by atoms with E-state index in [1.165, 1.54) is 11.1 Å². The molecule has 128 valence electrons. The lowest BCUT2D eigenvalue weighted by atomic mass is 9.91. The van der Waals surface area contributed by atoms with Crippen molar-refractivity contribution >= 4 is 17.3 Å². The Kier molecular flexibility index (Phi) is 3.35. The number of carbonyl (C=O) groups is 1. The average molecular weight is 340 g/mol. The van der Waals surface area contributed by atoms with Crippen LogP contribution in [0.2, 0.25) is 0 Å². The van der Waals surface area contributed by atoms with Crippen LogP contribution in [0.25, 0.3) is 0 Å². The molecule has 3 aromatic carbocycles. The first-order chi connectivity index (χ1) is 12.8. The molecule has 3 heteroatoms. The lowest BCUT2D eigenvalue weighted by molar-refractivity contribution is 0.0967. The van der Waals surface area contributed by atoms with E-state index in [0.29, 0.717) is 0 Å². The van der Waals surface area contributed by atoms with Crippen LogP contribution in [0.15, 0.2) is 72.8 Å². The fourth-order valence-corrected chi connectivity index (χ4v) is 4.30. The number of rotatable bonds is 1. The molecular weight excluding hydrogens is 320 g/mol. The fourth-order valence-electron chi connectivity index (χ4n) is 4.30. The predicted octanol–water partition coefficient (Wildman–Crippen LogP) is 4.72. The lowest BCUT2D eigenvalue weighted by Gasteiger charge is -2.49. The first kappa shape index (κ1) is 15.2. The summed E-state index contributed by atoms with van der Waals surface area (Å²) in [7, 11) is 0. The van der Waals surface area contributed by atoms with Crippen LogP contribution in [-0.4, -0.2) is 12.5 Å². The van der Waals surface area contributed by atoms with E-state index in [9.17, 15) is 4.79 Å². The van der Waals surface area contributed by atoms with Gasteiger partial charge < -0.3 is 4.90 Å². The topological polar surface area (TPSA) is 23.6 Å². The zero-order chi connectivity index (χ0) is 17.7. The Morgan fingerprint density at radius 1 is 0.846 bits per heavy atom. The Bertz CT molecular complexity index is 1010. The number of benzene rings is 3. The molecule has 0 saturated heterocycles. The number of anilines is 2. The van der Waals surface area contributed by atoms with E-state index >= 15 is 0 Å². The number of hydrogen-bond acceptors (Lipinski definition) is 2. The van der Waals surface area contributed by atoms with Gasteiger partial charge in [-0.15, -0.1) is 0 Å². The van der Waals surface area contributed by atoms with Crippen LogP contribution < -0.4 is 9.80 Å². The van der Waals surface area contributed by atoms with Crippen LogP contribution in [-0.2, 0) is 6.42 Å². The minimum atomic E-state index is -0.0940. The molecule has 2 aliphatic rings. The molecule has 1 amide bonds. The van der Waals surface area contributed by atoms with E-state index in [4.69, 9.17) is 0 Å². The molecule has 0 aromatic heterocycles. The third-order valence-electron chi connectivity index (χ3n) is 5.53. The number of hydrogen-bond donors (Lipinski definition) is 0. The van der Waals surface area contributed by atoms with Gasteiger partial charge in [0.25, 0.3) is 5.91 Å². The molecule has 0 bridgehead atoms. The van der Waals surface area contributed by atoms with Crippen molar-refractivity contribution in [2.24, 2.45) is 0 Å². The van der Waals surface area contributed by atoms with Crippen molar-refractivity contribution in [3.8, 4) is 0 Å².